The predicted molar refractivity (Wildman–Crippen MR) is 131 cm³/mol. The van der Waals surface area contributed by atoms with E-state index in [1.807, 2.05) is 37.4 Å². The van der Waals surface area contributed by atoms with E-state index in [0.717, 1.165) is 47.4 Å². The summed E-state index contributed by atoms with van der Waals surface area (Å²) < 4.78 is 5.22. The molecule has 5 nitrogen and oxygen atoms in total. The van der Waals surface area contributed by atoms with Crippen LogP contribution in [0, 0.1) is 0 Å². The fraction of sp³-hybridized carbons (Fsp3) is 0.308. The largest absolute Gasteiger partial charge is 0.497 e. The molecule has 0 aliphatic rings. The number of fused-ring (bicyclic) bond motifs is 1. The van der Waals surface area contributed by atoms with E-state index in [0.29, 0.717) is 5.95 Å². The van der Waals surface area contributed by atoms with Gasteiger partial charge < -0.3 is 15.4 Å². The number of methoxy groups -OCH3 is 1. The Balaban J connectivity index is 1.85. The van der Waals surface area contributed by atoms with E-state index in [1.165, 1.54) is 16.7 Å². The van der Waals surface area contributed by atoms with Crippen molar-refractivity contribution in [3.63, 3.8) is 0 Å². The summed E-state index contributed by atoms with van der Waals surface area (Å²) in [4.78, 5) is 9.48. The molecule has 1 aromatic heterocycles. The molecule has 2 aromatic carbocycles. The van der Waals surface area contributed by atoms with Crippen LogP contribution in [0.2, 0.25) is 0 Å². The number of ether oxygens (including phenoxy) is 1. The minimum Gasteiger partial charge on any atom is -0.497 e. The van der Waals surface area contributed by atoms with Gasteiger partial charge in [0.25, 0.3) is 0 Å². The highest BCUT2D eigenvalue weighted by atomic mass is 16.5. The molecule has 0 saturated carbocycles. The Hall–Kier alpha value is -3.34. The van der Waals surface area contributed by atoms with Gasteiger partial charge >= 0.3 is 0 Å². The summed E-state index contributed by atoms with van der Waals surface area (Å²) in [6.07, 6.45) is 7.64. The van der Waals surface area contributed by atoms with Crippen molar-refractivity contribution in [3.8, 4) is 5.75 Å². The normalized spacial score (nSPS) is 11.3. The first-order valence-electron chi connectivity index (χ1n) is 10.7. The minimum atomic E-state index is 0.563. The van der Waals surface area contributed by atoms with Crippen molar-refractivity contribution < 1.29 is 4.74 Å². The van der Waals surface area contributed by atoms with Crippen molar-refractivity contribution in [1.82, 2.24) is 9.97 Å². The van der Waals surface area contributed by atoms with Gasteiger partial charge in [0.2, 0.25) is 5.95 Å². The Labute approximate surface area is 185 Å². The molecule has 0 saturated heterocycles. The van der Waals surface area contributed by atoms with E-state index in [1.54, 1.807) is 7.11 Å². The summed E-state index contributed by atoms with van der Waals surface area (Å²) in [5.41, 5.74) is 5.83. The Bertz CT molecular complexity index is 1080. The molecule has 0 bridgehead atoms. The number of aromatic nitrogens is 2. The van der Waals surface area contributed by atoms with Gasteiger partial charge in [0.15, 0.2) is 0 Å². The highest BCUT2D eigenvalue weighted by molar-refractivity contribution is 5.93. The fourth-order valence-corrected chi connectivity index (χ4v) is 3.44. The average molecular weight is 417 g/mol. The van der Waals surface area contributed by atoms with Crippen LogP contribution in [0.1, 0.15) is 39.2 Å². The molecule has 0 fully saturated rings. The topological polar surface area (TPSA) is 59.1 Å². The second-order valence-electron chi connectivity index (χ2n) is 7.89. The second-order valence-corrected chi connectivity index (χ2v) is 7.89. The zero-order chi connectivity index (χ0) is 22.2. The van der Waals surface area contributed by atoms with Crippen LogP contribution < -0.4 is 15.4 Å². The third-order valence-corrected chi connectivity index (χ3v) is 5.15. The molecule has 0 unspecified atom stereocenters. The lowest BCUT2D eigenvalue weighted by atomic mass is 10.0. The van der Waals surface area contributed by atoms with Crippen LogP contribution in [-0.2, 0) is 6.42 Å². The number of nitrogens with one attached hydrogen (secondary N) is 2. The van der Waals surface area contributed by atoms with Crippen molar-refractivity contribution in [2.24, 2.45) is 0 Å². The van der Waals surface area contributed by atoms with Crippen molar-refractivity contribution in [3.05, 3.63) is 71.3 Å². The third-order valence-electron chi connectivity index (χ3n) is 5.15. The van der Waals surface area contributed by atoms with Gasteiger partial charge in [-0.25, -0.2) is 4.98 Å². The van der Waals surface area contributed by atoms with Gasteiger partial charge in [0, 0.05) is 18.1 Å². The first-order chi connectivity index (χ1) is 15.0. The Morgan fingerprint density at radius 2 is 1.77 bits per heavy atom. The zero-order valence-electron chi connectivity index (χ0n) is 19.1. The highest BCUT2D eigenvalue weighted by Gasteiger charge is 2.11. The molecule has 0 spiro atoms. The zero-order valence-corrected chi connectivity index (χ0v) is 19.1. The van der Waals surface area contributed by atoms with Crippen molar-refractivity contribution >= 4 is 28.4 Å². The summed E-state index contributed by atoms with van der Waals surface area (Å²) in [5, 5.41) is 7.61. The first-order valence-corrected chi connectivity index (χ1v) is 10.7. The van der Waals surface area contributed by atoms with E-state index in [9.17, 15) is 0 Å². The lowest BCUT2D eigenvalue weighted by Gasteiger charge is -2.13. The molecule has 0 radical (unpaired) electrons. The van der Waals surface area contributed by atoms with Crippen LogP contribution in [0.3, 0.4) is 0 Å². The Morgan fingerprint density at radius 3 is 2.45 bits per heavy atom. The Kier molecular flexibility index (Phi) is 7.65. The standard InChI is InChI=1S/C26H32N4O/c1-18(2)8-6-9-19(3)12-13-20-10-7-11-23-24(20)25(27-4)30-26(29-23)28-21-14-16-22(31-5)17-15-21/h7-8,10-12,14-17H,6,9,13H2,1-5H3,(H2,27,28,29,30). The molecule has 3 aromatic rings. The number of hydrogen-bond acceptors (Lipinski definition) is 5. The number of nitrogens with zero attached hydrogens (tertiary/aromatic N) is 2. The summed E-state index contributed by atoms with van der Waals surface area (Å²) in [7, 11) is 3.56. The maximum absolute atomic E-state index is 5.22. The number of allylic oxidation sites excluding steroid dienone is 4. The van der Waals surface area contributed by atoms with Gasteiger partial charge in [-0.3, -0.25) is 0 Å². The molecular weight excluding hydrogens is 384 g/mol. The van der Waals surface area contributed by atoms with Crippen LogP contribution in [0.25, 0.3) is 10.9 Å². The van der Waals surface area contributed by atoms with Gasteiger partial charge in [0.05, 0.1) is 12.6 Å². The summed E-state index contributed by atoms with van der Waals surface area (Å²) in [6, 6.07) is 14.0. The molecule has 2 N–H and O–H groups in total. The van der Waals surface area contributed by atoms with Crippen molar-refractivity contribution in [1.29, 1.82) is 0 Å². The number of rotatable bonds is 9. The Morgan fingerprint density at radius 1 is 1.00 bits per heavy atom. The lowest BCUT2D eigenvalue weighted by molar-refractivity contribution is 0.415. The van der Waals surface area contributed by atoms with Gasteiger partial charge in [-0.1, -0.05) is 35.4 Å². The van der Waals surface area contributed by atoms with Crippen LogP contribution in [0.15, 0.2) is 65.8 Å². The summed E-state index contributed by atoms with van der Waals surface area (Å²) >= 11 is 0. The third kappa shape index (κ3) is 6.07. The average Bonchev–Trinajstić information content (AvgIpc) is 2.77. The van der Waals surface area contributed by atoms with Crippen molar-refractivity contribution in [2.75, 3.05) is 24.8 Å². The van der Waals surface area contributed by atoms with E-state index < -0.39 is 0 Å². The van der Waals surface area contributed by atoms with Crippen LogP contribution >= 0.6 is 0 Å². The molecule has 0 aliphatic heterocycles. The molecule has 0 aliphatic carbocycles. The number of anilines is 3. The van der Waals surface area contributed by atoms with E-state index in [4.69, 9.17) is 14.7 Å². The molecule has 5 heteroatoms. The maximum Gasteiger partial charge on any atom is 0.229 e. The molecule has 1 heterocycles. The fourth-order valence-electron chi connectivity index (χ4n) is 3.44. The summed E-state index contributed by atoms with van der Waals surface area (Å²) in [5.74, 6) is 2.20. The minimum absolute atomic E-state index is 0.563. The molecule has 0 atom stereocenters. The van der Waals surface area contributed by atoms with Gasteiger partial charge in [-0.2, -0.15) is 4.98 Å². The molecular formula is C26H32N4O. The van der Waals surface area contributed by atoms with E-state index >= 15 is 0 Å². The van der Waals surface area contributed by atoms with Crippen LogP contribution in [0.4, 0.5) is 17.5 Å². The second kappa shape index (κ2) is 10.6. The summed E-state index contributed by atoms with van der Waals surface area (Å²) in [6.45, 7) is 6.49. The lowest BCUT2D eigenvalue weighted by Crippen LogP contribution is -2.03. The highest BCUT2D eigenvalue weighted by Crippen LogP contribution is 2.28. The quantitative estimate of drug-likeness (QED) is 0.382. The molecule has 0 amide bonds. The van der Waals surface area contributed by atoms with Crippen molar-refractivity contribution in [2.45, 2.75) is 40.0 Å². The number of benzene rings is 2. The SMILES string of the molecule is CNc1nc(Nc2ccc(OC)cc2)nc2cccc(CC=C(C)CCC=C(C)C)c12. The van der Waals surface area contributed by atoms with Crippen LogP contribution in [0.5, 0.6) is 5.75 Å². The maximum atomic E-state index is 5.22. The molecule has 31 heavy (non-hydrogen) atoms. The van der Waals surface area contributed by atoms with E-state index in [2.05, 4.69) is 55.7 Å². The first kappa shape index (κ1) is 22.3. The van der Waals surface area contributed by atoms with Gasteiger partial charge in [-0.05, 0) is 75.9 Å². The number of hydrogen-bond donors (Lipinski definition) is 2. The van der Waals surface area contributed by atoms with Gasteiger partial charge in [-0.15, -0.1) is 0 Å². The van der Waals surface area contributed by atoms with Crippen LogP contribution in [-0.4, -0.2) is 24.1 Å². The van der Waals surface area contributed by atoms with Gasteiger partial charge in [0.1, 0.15) is 11.6 Å². The predicted octanol–water partition coefficient (Wildman–Crippen LogP) is 6.66. The smallest absolute Gasteiger partial charge is 0.229 e. The molecule has 162 valence electrons. The monoisotopic (exact) mass is 416 g/mol. The van der Waals surface area contributed by atoms with E-state index in [-0.39, 0.29) is 0 Å². The molecule has 3 rings (SSSR count).